The van der Waals surface area contributed by atoms with Crippen LogP contribution in [-0.4, -0.2) is 6.04 Å². The predicted octanol–water partition coefficient (Wildman–Crippen LogP) is 3.99. The minimum absolute atomic E-state index is 0.419. The summed E-state index contributed by atoms with van der Waals surface area (Å²) in [5, 5.41) is 0. The Morgan fingerprint density at radius 2 is 2.00 bits per heavy atom. The predicted molar refractivity (Wildman–Crippen MR) is 72.2 cm³/mol. The Hall–Kier alpha value is -0.300. The van der Waals surface area contributed by atoms with E-state index in [1.807, 2.05) is 0 Å². The van der Waals surface area contributed by atoms with E-state index in [0.29, 0.717) is 6.04 Å². The van der Waals surface area contributed by atoms with Gasteiger partial charge in [0, 0.05) is 6.04 Å². The lowest BCUT2D eigenvalue weighted by Gasteiger charge is -2.23. The van der Waals surface area contributed by atoms with Crippen molar-refractivity contribution in [2.45, 2.75) is 59.4 Å². The van der Waals surface area contributed by atoms with E-state index in [1.165, 1.54) is 19.3 Å². The zero-order valence-electron chi connectivity index (χ0n) is 11.4. The molecule has 94 valence electrons. The highest BCUT2D eigenvalue weighted by atomic mass is 14.7. The molecule has 0 aliphatic heterocycles. The summed E-state index contributed by atoms with van der Waals surface area (Å²) in [5.74, 6) is 3.46. The van der Waals surface area contributed by atoms with E-state index in [0.717, 1.165) is 30.1 Å². The Morgan fingerprint density at radius 3 is 2.50 bits per heavy atom. The summed E-state index contributed by atoms with van der Waals surface area (Å²) >= 11 is 0. The van der Waals surface area contributed by atoms with E-state index in [2.05, 4.69) is 39.8 Å². The fourth-order valence-corrected chi connectivity index (χ4v) is 3.28. The van der Waals surface area contributed by atoms with Crippen LogP contribution >= 0.6 is 0 Å². The Labute approximate surface area is 101 Å². The summed E-state index contributed by atoms with van der Waals surface area (Å²) in [7, 11) is 0. The third kappa shape index (κ3) is 3.10. The van der Waals surface area contributed by atoms with Gasteiger partial charge in [-0.05, 0) is 49.9 Å². The Bertz CT molecular complexity index is 221. The van der Waals surface area contributed by atoms with E-state index >= 15 is 0 Å². The second kappa shape index (κ2) is 6.44. The second-order valence-electron chi connectivity index (χ2n) is 5.43. The molecule has 1 aliphatic rings. The van der Waals surface area contributed by atoms with Crippen molar-refractivity contribution in [1.29, 1.82) is 0 Å². The Kier molecular flexibility index (Phi) is 5.54. The standard InChI is InChI=1S/C15H29N/c1-5-8-10-12-11(4)15(12)13(9-6-2)14(16)7-3/h5,8,11-15H,6-7,9-10,16H2,1-4H3/b8-5+. The molecule has 0 saturated heterocycles. The number of hydrogen-bond acceptors (Lipinski definition) is 1. The molecular weight excluding hydrogens is 194 g/mol. The lowest BCUT2D eigenvalue weighted by atomic mass is 9.87. The van der Waals surface area contributed by atoms with Crippen LogP contribution in [0.3, 0.4) is 0 Å². The lowest BCUT2D eigenvalue weighted by molar-refractivity contribution is 0.317. The first-order valence-electron chi connectivity index (χ1n) is 7.04. The minimum Gasteiger partial charge on any atom is -0.327 e. The zero-order chi connectivity index (χ0) is 12.1. The van der Waals surface area contributed by atoms with Gasteiger partial charge in [-0.2, -0.15) is 0 Å². The fraction of sp³-hybridized carbons (Fsp3) is 0.867. The van der Waals surface area contributed by atoms with Gasteiger partial charge in [-0.3, -0.25) is 0 Å². The molecule has 1 rings (SSSR count). The summed E-state index contributed by atoms with van der Waals surface area (Å²) in [6.07, 6.45) is 9.48. The van der Waals surface area contributed by atoms with E-state index in [1.54, 1.807) is 0 Å². The molecule has 1 heteroatoms. The van der Waals surface area contributed by atoms with Crippen LogP contribution in [0.1, 0.15) is 53.4 Å². The third-order valence-corrected chi connectivity index (χ3v) is 4.42. The van der Waals surface area contributed by atoms with Gasteiger partial charge in [-0.15, -0.1) is 0 Å². The number of nitrogens with two attached hydrogens (primary N) is 1. The van der Waals surface area contributed by atoms with Crippen LogP contribution in [0.5, 0.6) is 0 Å². The van der Waals surface area contributed by atoms with Gasteiger partial charge in [0.2, 0.25) is 0 Å². The highest BCUT2D eigenvalue weighted by Crippen LogP contribution is 2.54. The quantitative estimate of drug-likeness (QED) is 0.649. The van der Waals surface area contributed by atoms with E-state index in [-0.39, 0.29) is 0 Å². The van der Waals surface area contributed by atoms with Crippen LogP contribution in [-0.2, 0) is 0 Å². The molecule has 1 aliphatic carbocycles. The summed E-state index contributed by atoms with van der Waals surface area (Å²) in [5.41, 5.74) is 6.28. The van der Waals surface area contributed by atoms with Crippen molar-refractivity contribution in [2.75, 3.05) is 0 Å². The van der Waals surface area contributed by atoms with Gasteiger partial charge in [-0.25, -0.2) is 0 Å². The molecule has 0 bridgehead atoms. The first kappa shape index (κ1) is 13.8. The molecule has 1 saturated carbocycles. The van der Waals surface area contributed by atoms with Gasteiger partial charge in [0.1, 0.15) is 0 Å². The van der Waals surface area contributed by atoms with Gasteiger partial charge in [-0.1, -0.05) is 39.3 Å². The van der Waals surface area contributed by atoms with Crippen molar-refractivity contribution in [3.05, 3.63) is 12.2 Å². The molecule has 0 radical (unpaired) electrons. The summed E-state index contributed by atoms with van der Waals surface area (Å²) in [4.78, 5) is 0. The fourth-order valence-electron chi connectivity index (χ4n) is 3.28. The monoisotopic (exact) mass is 223 g/mol. The Balaban J connectivity index is 2.53. The van der Waals surface area contributed by atoms with E-state index < -0.39 is 0 Å². The van der Waals surface area contributed by atoms with Crippen LogP contribution in [0.15, 0.2) is 12.2 Å². The molecule has 2 N–H and O–H groups in total. The molecule has 0 aromatic carbocycles. The third-order valence-electron chi connectivity index (χ3n) is 4.42. The maximum absolute atomic E-state index is 6.28. The van der Waals surface area contributed by atoms with Gasteiger partial charge < -0.3 is 5.73 Å². The molecule has 0 aromatic heterocycles. The van der Waals surface area contributed by atoms with Crippen molar-refractivity contribution < 1.29 is 0 Å². The first-order chi connectivity index (χ1) is 7.67. The second-order valence-corrected chi connectivity index (χ2v) is 5.43. The smallest absolute Gasteiger partial charge is 0.00673 e. The van der Waals surface area contributed by atoms with Crippen molar-refractivity contribution in [1.82, 2.24) is 0 Å². The SMILES string of the molecule is C/C=C/CC1C(C)C1C(CCC)C(N)CC. The molecule has 5 atom stereocenters. The van der Waals surface area contributed by atoms with Crippen LogP contribution in [0, 0.1) is 23.7 Å². The van der Waals surface area contributed by atoms with E-state index in [4.69, 9.17) is 5.73 Å². The molecule has 5 unspecified atom stereocenters. The van der Waals surface area contributed by atoms with Gasteiger partial charge in [0.15, 0.2) is 0 Å². The van der Waals surface area contributed by atoms with Crippen molar-refractivity contribution in [3.63, 3.8) is 0 Å². The van der Waals surface area contributed by atoms with Gasteiger partial charge in [0.05, 0.1) is 0 Å². The zero-order valence-corrected chi connectivity index (χ0v) is 11.4. The highest BCUT2D eigenvalue weighted by Gasteiger charge is 2.50. The largest absolute Gasteiger partial charge is 0.327 e. The minimum atomic E-state index is 0.419. The summed E-state index contributed by atoms with van der Waals surface area (Å²) < 4.78 is 0. The molecule has 1 fully saturated rings. The van der Waals surface area contributed by atoms with Gasteiger partial charge in [0.25, 0.3) is 0 Å². The van der Waals surface area contributed by atoms with Crippen LogP contribution in [0.2, 0.25) is 0 Å². The van der Waals surface area contributed by atoms with Crippen LogP contribution in [0.4, 0.5) is 0 Å². The molecule has 16 heavy (non-hydrogen) atoms. The van der Waals surface area contributed by atoms with Crippen molar-refractivity contribution in [2.24, 2.45) is 29.4 Å². The van der Waals surface area contributed by atoms with Crippen LogP contribution in [0.25, 0.3) is 0 Å². The molecule has 0 heterocycles. The topological polar surface area (TPSA) is 26.0 Å². The van der Waals surface area contributed by atoms with Gasteiger partial charge >= 0.3 is 0 Å². The van der Waals surface area contributed by atoms with Crippen molar-refractivity contribution in [3.8, 4) is 0 Å². The van der Waals surface area contributed by atoms with Crippen molar-refractivity contribution >= 4 is 0 Å². The Morgan fingerprint density at radius 1 is 1.31 bits per heavy atom. The number of hydrogen-bond donors (Lipinski definition) is 1. The highest BCUT2D eigenvalue weighted by molar-refractivity contribution is 5.03. The summed E-state index contributed by atoms with van der Waals surface area (Å²) in [6, 6.07) is 0.419. The normalized spacial score (nSPS) is 32.9. The number of rotatable bonds is 7. The molecular formula is C15H29N. The summed E-state index contributed by atoms with van der Waals surface area (Å²) in [6.45, 7) is 9.03. The first-order valence-corrected chi connectivity index (χ1v) is 7.04. The lowest BCUT2D eigenvalue weighted by Crippen LogP contribution is -2.31. The average Bonchev–Trinajstić information content (AvgIpc) is 2.92. The van der Waals surface area contributed by atoms with E-state index in [9.17, 15) is 0 Å². The molecule has 0 aromatic rings. The molecule has 1 nitrogen and oxygen atoms in total. The molecule has 0 amide bonds. The molecule has 0 spiro atoms. The maximum atomic E-state index is 6.28. The maximum Gasteiger partial charge on any atom is 0.00673 e. The number of allylic oxidation sites excluding steroid dienone is 2. The average molecular weight is 223 g/mol. The van der Waals surface area contributed by atoms with Crippen LogP contribution < -0.4 is 5.73 Å².